The molecule has 2 atom stereocenters. The maximum atomic E-state index is 14.1. The van der Waals surface area contributed by atoms with E-state index in [0.717, 1.165) is 18.7 Å². The monoisotopic (exact) mass is 278 g/mol. The van der Waals surface area contributed by atoms with E-state index in [1.54, 1.807) is 7.11 Å². The molecule has 1 aromatic rings. The second-order valence-corrected chi connectivity index (χ2v) is 5.84. The van der Waals surface area contributed by atoms with Crippen LogP contribution in [0.15, 0.2) is 18.2 Å². The Labute approximate surface area is 120 Å². The van der Waals surface area contributed by atoms with Gasteiger partial charge in [-0.3, -0.25) is 4.90 Å². The van der Waals surface area contributed by atoms with Gasteiger partial charge >= 0.3 is 0 Å². The number of halogens is 1. The molecule has 3 nitrogen and oxygen atoms in total. The molecule has 4 heteroatoms. The van der Waals surface area contributed by atoms with Gasteiger partial charge in [0.25, 0.3) is 0 Å². The van der Waals surface area contributed by atoms with Crippen molar-refractivity contribution in [3.63, 3.8) is 0 Å². The topological polar surface area (TPSA) is 24.5 Å². The summed E-state index contributed by atoms with van der Waals surface area (Å²) in [5.74, 6) is 0.427. The van der Waals surface area contributed by atoms with Gasteiger partial charge in [-0.25, -0.2) is 4.39 Å². The van der Waals surface area contributed by atoms with Crippen LogP contribution in [0.1, 0.15) is 31.2 Å². The van der Waals surface area contributed by atoms with Crippen molar-refractivity contribution < 1.29 is 9.13 Å². The van der Waals surface area contributed by atoms with E-state index in [1.807, 2.05) is 12.1 Å². The summed E-state index contributed by atoms with van der Waals surface area (Å²) in [6.07, 6.45) is 4.98. The average molecular weight is 278 g/mol. The maximum Gasteiger partial charge on any atom is 0.131 e. The fraction of sp³-hybridized carbons (Fsp3) is 0.625. The predicted octanol–water partition coefficient (Wildman–Crippen LogP) is 2.55. The second kappa shape index (κ2) is 6.10. The lowest BCUT2D eigenvalue weighted by Crippen LogP contribution is -2.43. The van der Waals surface area contributed by atoms with Crippen LogP contribution >= 0.6 is 0 Å². The SMILES string of the molecule is COc1ccc(CN2CCCC2C2CCCN2)c(F)c1. The first-order valence-corrected chi connectivity index (χ1v) is 7.58. The number of likely N-dealkylation sites (tertiary alicyclic amines) is 1. The van der Waals surface area contributed by atoms with Gasteiger partial charge in [0, 0.05) is 30.3 Å². The average Bonchev–Trinajstić information content (AvgIpc) is 3.11. The van der Waals surface area contributed by atoms with Gasteiger partial charge < -0.3 is 10.1 Å². The smallest absolute Gasteiger partial charge is 0.131 e. The summed E-state index contributed by atoms with van der Waals surface area (Å²) >= 11 is 0. The summed E-state index contributed by atoms with van der Waals surface area (Å²) < 4.78 is 19.1. The number of nitrogens with zero attached hydrogens (tertiary/aromatic N) is 1. The summed E-state index contributed by atoms with van der Waals surface area (Å²) in [6.45, 7) is 2.92. The van der Waals surface area contributed by atoms with Crippen molar-refractivity contribution in [2.45, 2.75) is 44.3 Å². The van der Waals surface area contributed by atoms with Gasteiger partial charge in [-0.2, -0.15) is 0 Å². The zero-order chi connectivity index (χ0) is 13.9. The number of nitrogens with one attached hydrogen (secondary N) is 1. The molecular formula is C16H23FN2O. The normalized spacial score (nSPS) is 27.1. The third kappa shape index (κ3) is 2.81. The number of rotatable bonds is 4. The molecular weight excluding hydrogens is 255 g/mol. The molecule has 0 spiro atoms. The van der Waals surface area contributed by atoms with Crippen molar-refractivity contribution in [2.24, 2.45) is 0 Å². The van der Waals surface area contributed by atoms with E-state index in [0.29, 0.717) is 24.4 Å². The van der Waals surface area contributed by atoms with Crippen molar-refractivity contribution in [3.8, 4) is 5.75 Å². The summed E-state index contributed by atoms with van der Waals surface area (Å²) in [5, 5.41) is 3.59. The molecule has 2 fully saturated rings. The Morgan fingerprint density at radius 3 is 2.95 bits per heavy atom. The first kappa shape index (κ1) is 13.8. The molecule has 1 N–H and O–H groups in total. The number of benzene rings is 1. The molecule has 2 unspecified atom stereocenters. The van der Waals surface area contributed by atoms with Gasteiger partial charge in [0.2, 0.25) is 0 Å². The fourth-order valence-electron chi connectivity index (χ4n) is 3.55. The van der Waals surface area contributed by atoms with Crippen LogP contribution in [0.25, 0.3) is 0 Å². The Morgan fingerprint density at radius 1 is 1.35 bits per heavy atom. The molecule has 0 aromatic heterocycles. The molecule has 0 radical (unpaired) electrons. The van der Waals surface area contributed by atoms with Crippen LogP contribution in [-0.4, -0.2) is 37.2 Å². The van der Waals surface area contributed by atoms with Crippen LogP contribution < -0.4 is 10.1 Å². The number of ether oxygens (including phenoxy) is 1. The van der Waals surface area contributed by atoms with Gasteiger partial charge in [-0.05, 0) is 44.8 Å². The maximum absolute atomic E-state index is 14.1. The lowest BCUT2D eigenvalue weighted by Gasteiger charge is -2.29. The van der Waals surface area contributed by atoms with Gasteiger partial charge in [-0.1, -0.05) is 6.07 Å². The van der Waals surface area contributed by atoms with E-state index in [-0.39, 0.29) is 5.82 Å². The van der Waals surface area contributed by atoms with E-state index in [4.69, 9.17) is 4.74 Å². The van der Waals surface area contributed by atoms with Crippen molar-refractivity contribution in [1.29, 1.82) is 0 Å². The fourth-order valence-corrected chi connectivity index (χ4v) is 3.55. The van der Waals surface area contributed by atoms with Gasteiger partial charge in [0.15, 0.2) is 0 Å². The van der Waals surface area contributed by atoms with E-state index in [2.05, 4.69) is 10.2 Å². The lowest BCUT2D eigenvalue weighted by atomic mass is 10.0. The summed E-state index contributed by atoms with van der Waals surface area (Å²) in [4.78, 5) is 2.44. The third-order valence-corrected chi connectivity index (χ3v) is 4.61. The van der Waals surface area contributed by atoms with Crippen molar-refractivity contribution in [3.05, 3.63) is 29.6 Å². The number of methoxy groups -OCH3 is 1. The Bertz CT molecular complexity index is 460. The standard InChI is InChI=1S/C16H23FN2O/c1-20-13-7-6-12(14(17)10-13)11-19-9-3-5-16(19)15-4-2-8-18-15/h6-7,10,15-16,18H,2-5,8-9,11H2,1H3. The molecule has 2 saturated heterocycles. The van der Waals surface area contributed by atoms with Gasteiger partial charge in [0.1, 0.15) is 11.6 Å². The third-order valence-electron chi connectivity index (χ3n) is 4.61. The molecule has 2 aliphatic rings. The highest BCUT2D eigenvalue weighted by molar-refractivity contribution is 5.29. The molecule has 0 saturated carbocycles. The first-order valence-electron chi connectivity index (χ1n) is 7.58. The lowest BCUT2D eigenvalue weighted by molar-refractivity contribution is 0.204. The molecule has 1 aromatic carbocycles. The second-order valence-electron chi connectivity index (χ2n) is 5.84. The van der Waals surface area contributed by atoms with E-state index in [9.17, 15) is 4.39 Å². The highest BCUT2D eigenvalue weighted by atomic mass is 19.1. The molecule has 2 aliphatic heterocycles. The molecule has 0 aliphatic carbocycles. The van der Waals surface area contributed by atoms with E-state index >= 15 is 0 Å². The number of hydrogen-bond acceptors (Lipinski definition) is 3. The predicted molar refractivity (Wildman–Crippen MR) is 77.4 cm³/mol. The van der Waals surface area contributed by atoms with Crippen LogP contribution in [0, 0.1) is 5.82 Å². The number of hydrogen-bond donors (Lipinski definition) is 1. The first-order chi connectivity index (χ1) is 9.78. The van der Waals surface area contributed by atoms with Crippen LogP contribution in [0.4, 0.5) is 4.39 Å². The van der Waals surface area contributed by atoms with Crippen LogP contribution in [0.5, 0.6) is 5.75 Å². The van der Waals surface area contributed by atoms with E-state index < -0.39 is 0 Å². The zero-order valence-corrected chi connectivity index (χ0v) is 12.1. The van der Waals surface area contributed by atoms with Crippen molar-refractivity contribution in [2.75, 3.05) is 20.2 Å². The molecule has 110 valence electrons. The minimum absolute atomic E-state index is 0.158. The van der Waals surface area contributed by atoms with Gasteiger partial charge in [0.05, 0.1) is 7.11 Å². The molecule has 0 bridgehead atoms. The Kier molecular flexibility index (Phi) is 4.22. The summed E-state index contributed by atoms with van der Waals surface area (Å²) in [6, 6.07) is 6.34. The molecule has 0 amide bonds. The zero-order valence-electron chi connectivity index (χ0n) is 12.1. The van der Waals surface area contributed by atoms with Crippen LogP contribution in [0.3, 0.4) is 0 Å². The molecule has 20 heavy (non-hydrogen) atoms. The van der Waals surface area contributed by atoms with Crippen LogP contribution in [-0.2, 0) is 6.54 Å². The van der Waals surface area contributed by atoms with E-state index in [1.165, 1.54) is 31.7 Å². The minimum atomic E-state index is -0.158. The highest BCUT2D eigenvalue weighted by Crippen LogP contribution is 2.27. The minimum Gasteiger partial charge on any atom is -0.497 e. The van der Waals surface area contributed by atoms with Gasteiger partial charge in [-0.15, -0.1) is 0 Å². The molecule has 2 heterocycles. The summed E-state index contributed by atoms with van der Waals surface area (Å²) in [5.41, 5.74) is 0.774. The van der Waals surface area contributed by atoms with Crippen molar-refractivity contribution in [1.82, 2.24) is 10.2 Å². The summed E-state index contributed by atoms with van der Waals surface area (Å²) in [7, 11) is 1.57. The largest absolute Gasteiger partial charge is 0.497 e. The molecule has 3 rings (SSSR count). The highest BCUT2D eigenvalue weighted by Gasteiger charge is 2.33. The van der Waals surface area contributed by atoms with Crippen LogP contribution in [0.2, 0.25) is 0 Å². The van der Waals surface area contributed by atoms with Crippen molar-refractivity contribution >= 4 is 0 Å². The Balaban J connectivity index is 1.69. The quantitative estimate of drug-likeness (QED) is 0.916. The Morgan fingerprint density at radius 2 is 2.25 bits per heavy atom. The Hall–Kier alpha value is -1.13.